The molecule has 0 saturated carbocycles. The molecule has 23 heavy (non-hydrogen) atoms. The van der Waals surface area contributed by atoms with Crippen molar-refractivity contribution in [2.24, 2.45) is 7.05 Å². The monoisotopic (exact) mass is 327 g/mol. The van der Waals surface area contributed by atoms with Crippen molar-refractivity contribution in [1.29, 1.82) is 0 Å². The summed E-state index contributed by atoms with van der Waals surface area (Å²) in [6.07, 6.45) is 0. The molecule has 0 aliphatic carbocycles. The summed E-state index contributed by atoms with van der Waals surface area (Å²) < 4.78 is 1.42. The summed E-state index contributed by atoms with van der Waals surface area (Å²) >= 11 is 6.05. The van der Waals surface area contributed by atoms with Gasteiger partial charge in [-0.2, -0.15) is 0 Å². The van der Waals surface area contributed by atoms with Crippen LogP contribution in [0.1, 0.15) is 16.1 Å². The lowest BCUT2D eigenvalue weighted by molar-refractivity contribution is 0.102. The van der Waals surface area contributed by atoms with E-state index in [4.69, 9.17) is 11.6 Å². The Labute approximate surface area is 137 Å². The van der Waals surface area contributed by atoms with Crippen LogP contribution in [0.2, 0.25) is 5.02 Å². The zero-order valence-corrected chi connectivity index (χ0v) is 13.4. The molecule has 0 radical (unpaired) electrons. The Hall–Kier alpha value is -2.66. The van der Waals surface area contributed by atoms with E-state index in [1.54, 1.807) is 44.3 Å². The van der Waals surface area contributed by atoms with Crippen molar-refractivity contribution in [2.45, 2.75) is 6.92 Å². The first-order valence-corrected chi connectivity index (χ1v) is 7.39. The minimum absolute atomic E-state index is 0.148. The normalized spacial score (nSPS) is 10.7. The summed E-state index contributed by atoms with van der Waals surface area (Å²) in [5, 5.41) is 3.24. The fourth-order valence-electron chi connectivity index (χ4n) is 2.35. The van der Waals surface area contributed by atoms with Crippen LogP contribution in [-0.4, -0.2) is 15.5 Å². The van der Waals surface area contributed by atoms with Crippen molar-refractivity contribution < 1.29 is 4.79 Å². The smallest absolute Gasteiger partial charge is 0.282 e. The third-order valence-electron chi connectivity index (χ3n) is 3.71. The molecule has 3 aromatic rings. The van der Waals surface area contributed by atoms with Crippen LogP contribution in [0.4, 0.5) is 5.69 Å². The number of para-hydroxylation sites is 2. The van der Waals surface area contributed by atoms with Crippen molar-refractivity contribution in [3.8, 4) is 0 Å². The van der Waals surface area contributed by atoms with Gasteiger partial charge in [-0.3, -0.25) is 9.59 Å². The fraction of sp³-hybridized carbons (Fsp3) is 0.118. The van der Waals surface area contributed by atoms with Gasteiger partial charge in [0.25, 0.3) is 11.5 Å². The number of fused-ring (bicyclic) bond motifs is 1. The van der Waals surface area contributed by atoms with Crippen LogP contribution in [0.3, 0.4) is 0 Å². The second kappa shape index (κ2) is 5.85. The molecule has 1 heterocycles. The second-order valence-corrected chi connectivity index (χ2v) is 5.59. The average molecular weight is 328 g/mol. The maximum atomic E-state index is 12.5. The maximum Gasteiger partial charge on any atom is 0.282 e. The maximum absolute atomic E-state index is 12.5. The van der Waals surface area contributed by atoms with E-state index >= 15 is 0 Å². The van der Waals surface area contributed by atoms with Crippen LogP contribution in [0.25, 0.3) is 11.0 Å². The molecule has 1 amide bonds. The topological polar surface area (TPSA) is 64.0 Å². The molecule has 0 unspecified atom stereocenters. The molecular weight excluding hydrogens is 314 g/mol. The van der Waals surface area contributed by atoms with Crippen LogP contribution in [0.15, 0.2) is 47.3 Å². The third kappa shape index (κ3) is 2.71. The van der Waals surface area contributed by atoms with Gasteiger partial charge in [0.15, 0.2) is 5.69 Å². The highest BCUT2D eigenvalue weighted by molar-refractivity contribution is 6.31. The van der Waals surface area contributed by atoms with E-state index in [0.717, 1.165) is 5.56 Å². The van der Waals surface area contributed by atoms with E-state index < -0.39 is 11.5 Å². The molecule has 5 nitrogen and oxygen atoms in total. The molecule has 0 spiro atoms. The number of nitrogens with one attached hydrogen (secondary N) is 1. The summed E-state index contributed by atoms with van der Waals surface area (Å²) in [5.41, 5.74) is 1.96. The number of aryl methyl sites for hydroxylation is 1. The highest BCUT2D eigenvalue weighted by Crippen LogP contribution is 2.23. The Kier molecular flexibility index (Phi) is 3.88. The van der Waals surface area contributed by atoms with Gasteiger partial charge in [0, 0.05) is 17.8 Å². The predicted octanol–water partition coefficient (Wildman–Crippen LogP) is 3.15. The molecule has 1 aromatic heterocycles. The average Bonchev–Trinajstić information content (AvgIpc) is 2.55. The number of nitrogens with zero attached hydrogens (tertiary/aromatic N) is 2. The standard InChI is InChI=1S/C17H14ClN3O2/c1-10-11(18)6-5-8-12(10)20-16(22)15-17(23)21(2)14-9-4-3-7-13(14)19-15/h3-9H,1-2H3,(H,20,22). The summed E-state index contributed by atoms with van der Waals surface area (Å²) in [7, 11) is 1.62. The highest BCUT2D eigenvalue weighted by atomic mass is 35.5. The summed E-state index contributed by atoms with van der Waals surface area (Å²) in [5.74, 6) is -0.554. The van der Waals surface area contributed by atoms with Gasteiger partial charge < -0.3 is 9.88 Å². The van der Waals surface area contributed by atoms with Gasteiger partial charge >= 0.3 is 0 Å². The number of hydrogen-bond donors (Lipinski definition) is 1. The van der Waals surface area contributed by atoms with Crippen molar-refractivity contribution >= 4 is 34.2 Å². The molecule has 0 saturated heterocycles. The first kappa shape index (κ1) is 15.2. The largest absolute Gasteiger partial charge is 0.320 e. The number of carbonyl (C=O) groups is 1. The van der Waals surface area contributed by atoms with Gasteiger partial charge in [-0.05, 0) is 36.8 Å². The lowest BCUT2D eigenvalue weighted by Gasteiger charge is -2.10. The summed E-state index contributed by atoms with van der Waals surface area (Å²) in [6.45, 7) is 1.80. The molecule has 0 atom stereocenters. The van der Waals surface area contributed by atoms with E-state index in [1.807, 2.05) is 12.1 Å². The van der Waals surface area contributed by atoms with Gasteiger partial charge in [-0.15, -0.1) is 0 Å². The molecule has 1 N–H and O–H groups in total. The van der Waals surface area contributed by atoms with E-state index in [2.05, 4.69) is 10.3 Å². The number of rotatable bonds is 2. The first-order chi connectivity index (χ1) is 11.0. The quantitative estimate of drug-likeness (QED) is 0.786. The lowest BCUT2D eigenvalue weighted by Crippen LogP contribution is -2.30. The number of halogens is 1. The van der Waals surface area contributed by atoms with Crippen LogP contribution < -0.4 is 10.9 Å². The number of amides is 1. The number of benzene rings is 2. The SMILES string of the molecule is Cc1c(Cl)cccc1NC(=O)c1nc2ccccc2n(C)c1=O. The zero-order valence-electron chi connectivity index (χ0n) is 12.6. The molecule has 3 rings (SSSR count). The van der Waals surface area contributed by atoms with E-state index in [0.29, 0.717) is 21.7 Å². The molecule has 0 fully saturated rings. The van der Waals surface area contributed by atoms with Crippen LogP contribution in [0, 0.1) is 6.92 Å². The Balaban J connectivity index is 2.06. The molecular formula is C17H14ClN3O2. The van der Waals surface area contributed by atoms with Gasteiger partial charge in [0.1, 0.15) is 0 Å². The second-order valence-electron chi connectivity index (χ2n) is 5.18. The van der Waals surface area contributed by atoms with Crippen molar-refractivity contribution in [3.63, 3.8) is 0 Å². The molecule has 0 bridgehead atoms. The van der Waals surface area contributed by atoms with Crippen molar-refractivity contribution in [3.05, 3.63) is 69.1 Å². The Morgan fingerprint density at radius 2 is 1.91 bits per heavy atom. The molecule has 6 heteroatoms. The minimum atomic E-state index is -0.554. The Bertz CT molecular complexity index is 979. The number of aromatic nitrogens is 2. The Morgan fingerprint density at radius 1 is 1.17 bits per heavy atom. The van der Waals surface area contributed by atoms with E-state index in [-0.39, 0.29) is 5.69 Å². The highest BCUT2D eigenvalue weighted by Gasteiger charge is 2.17. The third-order valence-corrected chi connectivity index (χ3v) is 4.12. The zero-order chi connectivity index (χ0) is 16.6. The van der Waals surface area contributed by atoms with E-state index in [9.17, 15) is 9.59 Å². The summed E-state index contributed by atoms with van der Waals surface area (Å²) in [4.78, 5) is 29.0. The van der Waals surface area contributed by atoms with Crippen LogP contribution in [-0.2, 0) is 7.05 Å². The number of anilines is 1. The number of hydrogen-bond acceptors (Lipinski definition) is 3. The number of carbonyl (C=O) groups excluding carboxylic acids is 1. The Morgan fingerprint density at radius 3 is 2.70 bits per heavy atom. The lowest BCUT2D eigenvalue weighted by atomic mass is 10.2. The fourth-order valence-corrected chi connectivity index (χ4v) is 2.53. The minimum Gasteiger partial charge on any atom is -0.320 e. The van der Waals surface area contributed by atoms with Crippen molar-refractivity contribution in [2.75, 3.05) is 5.32 Å². The van der Waals surface area contributed by atoms with Crippen molar-refractivity contribution in [1.82, 2.24) is 9.55 Å². The van der Waals surface area contributed by atoms with Gasteiger partial charge in [-0.25, -0.2) is 4.98 Å². The van der Waals surface area contributed by atoms with Crippen LogP contribution in [0.5, 0.6) is 0 Å². The predicted molar refractivity (Wildman–Crippen MR) is 91.1 cm³/mol. The van der Waals surface area contributed by atoms with Gasteiger partial charge in [0.2, 0.25) is 0 Å². The molecule has 0 aliphatic heterocycles. The van der Waals surface area contributed by atoms with Gasteiger partial charge in [-0.1, -0.05) is 29.8 Å². The molecule has 116 valence electrons. The van der Waals surface area contributed by atoms with Crippen LogP contribution >= 0.6 is 11.6 Å². The van der Waals surface area contributed by atoms with E-state index in [1.165, 1.54) is 4.57 Å². The summed E-state index contributed by atoms with van der Waals surface area (Å²) in [6, 6.07) is 12.4. The first-order valence-electron chi connectivity index (χ1n) is 7.01. The van der Waals surface area contributed by atoms with Gasteiger partial charge in [0.05, 0.1) is 11.0 Å². The molecule has 0 aliphatic rings. The molecule has 2 aromatic carbocycles.